The van der Waals surface area contributed by atoms with Crippen molar-refractivity contribution < 1.29 is 14.4 Å². The van der Waals surface area contributed by atoms with Gasteiger partial charge in [0.25, 0.3) is 0 Å². The molecule has 1 rings (SSSR count). The number of oxime groups is 1. The second kappa shape index (κ2) is 6.43. The van der Waals surface area contributed by atoms with Crippen LogP contribution in [0.15, 0.2) is 29.4 Å². The number of nitrogens with two attached hydrogens (primary N) is 1. The maximum atomic E-state index is 13.2. The zero-order valence-corrected chi connectivity index (χ0v) is 9.85. The van der Waals surface area contributed by atoms with Gasteiger partial charge in [0, 0.05) is 12.5 Å². The predicted octanol–water partition coefficient (Wildman–Crippen LogP) is 1.33. The van der Waals surface area contributed by atoms with Gasteiger partial charge in [0.05, 0.1) is 5.69 Å². The van der Waals surface area contributed by atoms with Crippen LogP contribution in [0.2, 0.25) is 0 Å². The average molecular weight is 254 g/mol. The lowest BCUT2D eigenvalue weighted by atomic mass is 10.1. The lowest BCUT2D eigenvalue weighted by Gasteiger charge is -2.12. The van der Waals surface area contributed by atoms with Crippen LogP contribution in [-0.2, 0) is 0 Å². The minimum absolute atomic E-state index is 0.0150. The highest BCUT2D eigenvalue weighted by atomic mass is 19.1. The molecule has 0 aromatic heterocycles. The predicted molar refractivity (Wildman–Crippen MR) is 66.0 cm³/mol. The lowest BCUT2D eigenvalue weighted by molar-refractivity contribution is 0.251. The number of carbonyl (C=O) groups is 1. The number of amides is 2. The molecule has 5 N–H and O–H groups in total. The van der Waals surface area contributed by atoms with Crippen LogP contribution in [0.25, 0.3) is 0 Å². The van der Waals surface area contributed by atoms with E-state index in [-0.39, 0.29) is 24.0 Å². The molecule has 1 unspecified atom stereocenters. The quantitative estimate of drug-likeness (QED) is 0.282. The number of carbonyl (C=O) groups excluding carboxylic acids is 1. The van der Waals surface area contributed by atoms with Gasteiger partial charge < -0.3 is 21.6 Å². The van der Waals surface area contributed by atoms with Gasteiger partial charge in [-0.15, -0.1) is 0 Å². The van der Waals surface area contributed by atoms with E-state index in [9.17, 15) is 9.18 Å². The third kappa shape index (κ3) is 3.93. The molecule has 0 aliphatic carbocycles. The van der Waals surface area contributed by atoms with Gasteiger partial charge in [0.2, 0.25) is 0 Å². The number of anilines is 1. The summed E-state index contributed by atoms with van der Waals surface area (Å²) < 4.78 is 13.2. The summed E-state index contributed by atoms with van der Waals surface area (Å²) in [6, 6.07) is 5.27. The summed E-state index contributed by atoms with van der Waals surface area (Å²) in [7, 11) is 0. The maximum absolute atomic E-state index is 13.2. The highest BCUT2D eigenvalue weighted by molar-refractivity contribution is 5.90. The Kier molecular flexibility index (Phi) is 4.91. The van der Waals surface area contributed by atoms with Gasteiger partial charge in [-0.2, -0.15) is 0 Å². The first kappa shape index (κ1) is 13.8. The van der Waals surface area contributed by atoms with Crippen molar-refractivity contribution in [2.24, 2.45) is 16.8 Å². The van der Waals surface area contributed by atoms with Gasteiger partial charge in [-0.05, 0) is 12.1 Å². The Hall–Kier alpha value is -2.31. The Balaban J connectivity index is 2.46. The van der Waals surface area contributed by atoms with Crippen molar-refractivity contribution in [1.29, 1.82) is 0 Å². The minimum Gasteiger partial charge on any atom is -0.409 e. The minimum atomic E-state index is -0.558. The monoisotopic (exact) mass is 254 g/mol. The molecule has 18 heavy (non-hydrogen) atoms. The molecule has 98 valence electrons. The number of hydrogen-bond acceptors (Lipinski definition) is 3. The van der Waals surface area contributed by atoms with Crippen LogP contribution < -0.4 is 16.4 Å². The van der Waals surface area contributed by atoms with Crippen LogP contribution in [0.1, 0.15) is 6.92 Å². The largest absolute Gasteiger partial charge is 0.409 e. The zero-order chi connectivity index (χ0) is 13.5. The number of para-hydroxylation sites is 1. The van der Waals surface area contributed by atoms with E-state index >= 15 is 0 Å². The summed E-state index contributed by atoms with van der Waals surface area (Å²) in [5.41, 5.74) is 5.44. The number of benzene rings is 1. The third-order valence-corrected chi connectivity index (χ3v) is 2.31. The van der Waals surface area contributed by atoms with E-state index in [1.807, 2.05) is 0 Å². The van der Waals surface area contributed by atoms with Gasteiger partial charge in [-0.3, -0.25) is 0 Å². The molecule has 0 aliphatic heterocycles. The molecule has 7 heteroatoms. The van der Waals surface area contributed by atoms with E-state index < -0.39 is 11.8 Å². The summed E-state index contributed by atoms with van der Waals surface area (Å²) in [6.45, 7) is 1.86. The number of amidine groups is 1. The molecule has 0 bridgehead atoms. The van der Waals surface area contributed by atoms with E-state index in [1.165, 1.54) is 18.2 Å². The summed E-state index contributed by atoms with van der Waals surface area (Å²) in [5.74, 6) is -0.820. The van der Waals surface area contributed by atoms with Crippen molar-refractivity contribution in [2.45, 2.75) is 6.92 Å². The van der Waals surface area contributed by atoms with Gasteiger partial charge in [0.15, 0.2) is 0 Å². The van der Waals surface area contributed by atoms with E-state index in [4.69, 9.17) is 10.9 Å². The molecule has 0 fully saturated rings. The first-order valence-corrected chi connectivity index (χ1v) is 5.31. The SMILES string of the molecule is CC(CNC(=O)Nc1ccccc1F)/C(N)=N/O. The van der Waals surface area contributed by atoms with Crippen LogP contribution in [0.4, 0.5) is 14.9 Å². The molecular formula is C11H15FN4O2. The number of halogens is 1. The Morgan fingerprint density at radius 2 is 2.22 bits per heavy atom. The van der Waals surface area contributed by atoms with Crippen molar-refractivity contribution in [1.82, 2.24) is 5.32 Å². The van der Waals surface area contributed by atoms with E-state index in [0.717, 1.165) is 0 Å². The summed E-state index contributed by atoms with van der Waals surface area (Å²) in [6.07, 6.45) is 0. The summed E-state index contributed by atoms with van der Waals surface area (Å²) in [4.78, 5) is 11.4. The Morgan fingerprint density at radius 3 is 2.83 bits per heavy atom. The topological polar surface area (TPSA) is 99.7 Å². The summed E-state index contributed by atoms with van der Waals surface area (Å²) in [5, 5.41) is 16.1. The van der Waals surface area contributed by atoms with Crippen molar-refractivity contribution in [3.05, 3.63) is 30.1 Å². The molecule has 0 saturated carbocycles. The number of nitrogens with zero attached hydrogens (tertiary/aromatic N) is 1. The van der Waals surface area contributed by atoms with Crippen LogP contribution >= 0.6 is 0 Å². The van der Waals surface area contributed by atoms with Crippen LogP contribution in [0, 0.1) is 11.7 Å². The molecule has 6 nitrogen and oxygen atoms in total. The highest BCUT2D eigenvalue weighted by Crippen LogP contribution is 2.11. The second-order valence-corrected chi connectivity index (χ2v) is 3.74. The molecule has 0 saturated heterocycles. The van der Waals surface area contributed by atoms with E-state index in [0.29, 0.717) is 0 Å². The Bertz CT molecular complexity index is 450. The number of rotatable bonds is 4. The van der Waals surface area contributed by atoms with Crippen LogP contribution in [0.5, 0.6) is 0 Å². The Labute approximate surface area is 104 Å². The van der Waals surface area contributed by atoms with Crippen molar-refractivity contribution >= 4 is 17.6 Å². The fourth-order valence-electron chi connectivity index (χ4n) is 1.18. The molecular weight excluding hydrogens is 239 g/mol. The Morgan fingerprint density at radius 1 is 1.56 bits per heavy atom. The zero-order valence-electron chi connectivity index (χ0n) is 9.85. The van der Waals surface area contributed by atoms with Crippen molar-refractivity contribution in [2.75, 3.05) is 11.9 Å². The number of nitrogens with one attached hydrogen (secondary N) is 2. The molecule has 0 heterocycles. The normalized spacial score (nSPS) is 12.9. The smallest absolute Gasteiger partial charge is 0.319 e. The van der Waals surface area contributed by atoms with Crippen LogP contribution in [0.3, 0.4) is 0 Å². The number of hydrogen-bond donors (Lipinski definition) is 4. The van der Waals surface area contributed by atoms with Crippen molar-refractivity contribution in [3.8, 4) is 0 Å². The second-order valence-electron chi connectivity index (χ2n) is 3.74. The van der Waals surface area contributed by atoms with Crippen LogP contribution in [-0.4, -0.2) is 23.6 Å². The highest BCUT2D eigenvalue weighted by Gasteiger charge is 2.10. The van der Waals surface area contributed by atoms with Gasteiger partial charge in [-0.25, -0.2) is 9.18 Å². The fraction of sp³-hybridized carbons (Fsp3) is 0.273. The molecule has 1 atom stereocenters. The van der Waals surface area contributed by atoms with E-state index in [2.05, 4.69) is 15.8 Å². The summed E-state index contributed by atoms with van der Waals surface area (Å²) >= 11 is 0. The van der Waals surface area contributed by atoms with Gasteiger partial charge >= 0.3 is 6.03 Å². The van der Waals surface area contributed by atoms with Crippen molar-refractivity contribution in [3.63, 3.8) is 0 Å². The molecule has 2 amide bonds. The standard InChI is InChI=1S/C11H15FN4O2/c1-7(10(13)16-18)6-14-11(17)15-9-5-3-2-4-8(9)12/h2-5,7,18H,6H2,1H3,(H2,13,16)(H2,14,15,17). The third-order valence-electron chi connectivity index (χ3n) is 2.31. The first-order valence-electron chi connectivity index (χ1n) is 5.31. The molecule has 1 aromatic carbocycles. The fourth-order valence-corrected chi connectivity index (χ4v) is 1.18. The van der Waals surface area contributed by atoms with E-state index in [1.54, 1.807) is 13.0 Å². The maximum Gasteiger partial charge on any atom is 0.319 e. The molecule has 0 radical (unpaired) electrons. The van der Waals surface area contributed by atoms with Gasteiger partial charge in [-0.1, -0.05) is 24.2 Å². The molecule has 0 aliphatic rings. The lowest BCUT2D eigenvalue weighted by Crippen LogP contribution is -2.37. The molecule has 0 spiro atoms. The van der Waals surface area contributed by atoms with Gasteiger partial charge in [0.1, 0.15) is 11.7 Å². The first-order chi connectivity index (χ1) is 8.54. The number of urea groups is 1. The molecule has 1 aromatic rings. The average Bonchev–Trinajstić information content (AvgIpc) is 2.37.